The zero-order chi connectivity index (χ0) is 11.6. The first-order chi connectivity index (χ1) is 6.91. The third-order valence-corrected chi connectivity index (χ3v) is 3.04. The van der Waals surface area contributed by atoms with Crippen molar-refractivity contribution in [2.24, 2.45) is 23.3 Å². The van der Waals surface area contributed by atoms with Gasteiger partial charge in [0.25, 0.3) is 0 Å². The first kappa shape index (κ1) is 15.2. The summed E-state index contributed by atoms with van der Waals surface area (Å²) in [7, 11) is 0. The van der Waals surface area contributed by atoms with Crippen molar-refractivity contribution in [2.45, 2.75) is 26.3 Å². The lowest BCUT2D eigenvalue weighted by Gasteiger charge is -2.19. The first-order valence-corrected chi connectivity index (χ1v) is 5.24. The Bertz CT molecular complexity index is 263. The zero-order valence-electron chi connectivity index (χ0n) is 9.68. The van der Waals surface area contributed by atoms with Gasteiger partial charge in [-0.15, -0.1) is 12.4 Å². The van der Waals surface area contributed by atoms with E-state index in [0.29, 0.717) is 11.8 Å². The molecule has 0 bridgehead atoms. The van der Waals surface area contributed by atoms with Crippen LogP contribution in [0.5, 0.6) is 0 Å². The summed E-state index contributed by atoms with van der Waals surface area (Å²) in [6.45, 7) is 5.67. The molecule has 2 amide bonds. The Kier molecular flexibility index (Phi) is 5.75. The van der Waals surface area contributed by atoms with E-state index in [0.717, 1.165) is 13.1 Å². The highest BCUT2D eigenvalue weighted by molar-refractivity contribution is 5.87. The molecule has 1 rings (SSSR count). The summed E-state index contributed by atoms with van der Waals surface area (Å²) in [4.78, 5) is 24.1. The van der Waals surface area contributed by atoms with Crippen LogP contribution in [0.4, 0.5) is 0 Å². The summed E-state index contributed by atoms with van der Waals surface area (Å²) < 4.78 is 0. The number of halogens is 1. The number of rotatable bonds is 3. The predicted octanol–water partition coefficient (Wildman–Crippen LogP) is -0.275. The number of carbonyl (C=O) groups is 2. The highest BCUT2D eigenvalue weighted by Crippen LogP contribution is 2.22. The predicted molar refractivity (Wildman–Crippen MR) is 63.9 cm³/mol. The van der Waals surface area contributed by atoms with Crippen molar-refractivity contribution < 1.29 is 9.59 Å². The van der Waals surface area contributed by atoms with Crippen molar-refractivity contribution in [3.8, 4) is 0 Å². The second kappa shape index (κ2) is 6.06. The van der Waals surface area contributed by atoms with Gasteiger partial charge in [0.05, 0.1) is 12.5 Å². The van der Waals surface area contributed by atoms with Crippen LogP contribution in [0.3, 0.4) is 0 Å². The molecule has 6 heteroatoms. The molecule has 16 heavy (non-hydrogen) atoms. The van der Waals surface area contributed by atoms with E-state index in [1.807, 2.05) is 0 Å². The minimum Gasteiger partial charge on any atom is -0.370 e. The van der Waals surface area contributed by atoms with Crippen molar-refractivity contribution in [1.82, 2.24) is 4.90 Å². The summed E-state index contributed by atoms with van der Waals surface area (Å²) >= 11 is 0. The number of carbonyl (C=O) groups excluding carboxylic acids is 2. The monoisotopic (exact) mass is 249 g/mol. The van der Waals surface area contributed by atoms with Gasteiger partial charge < -0.3 is 16.4 Å². The van der Waals surface area contributed by atoms with Gasteiger partial charge in [-0.1, -0.05) is 13.8 Å². The van der Waals surface area contributed by atoms with Crippen LogP contribution in [0.2, 0.25) is 0 Å². The van der Waals surface area contributed by atoms with Crippen LogP contribution in [0.15, 0.2) is 0 Å². The van der Waals surface area contributed by atoms with Crippen molar-refractivity contribution >= 4 is 24.2 Å². The number of primary amides is 1. The molecule has 1 saturated heterocycles. The third-order valence-electron chi connectivity index (χ3n) is 3.04. The molecule has 0 aromatic heterocycles. The molecule has 3 atom stereocenters. The van der Waals surface area contributed by atoms with Gasteiger partial charge >= 0.3 is 0 Å². The number of nitrogens with zero attached hydrogens (tertiary/aromatic N) is 1. The molecule has 3 unspecified atom stereocenters. The fraction of sp³-hybridized carbons (Fsp3) is 0.800. The summed E-state index contributed by atoms with van der Waals surface area (Å²) in [5.74, 6) is 0.297. The second-order valence-electron chi connectivity index (χ2n) is 4.47. The van der Waals surface area contributed by atoms with E-state index in [4.69, 9.17) is 11.5 Å². The van der Waals surface area contributed by atoms with Crippen LogP contribution < -0.4 is 11.5 Å². The van der Waals surface area contributed by atoms with Gasteiger partial charge in [-0.2, -0.15) is 0 Å². The maximum Gasteiger partial charge on any atom is 0.240 e. The largest absolute Gasteiger partial charge is 0.370 e. The lowest BCUT2D eigenvalue weighted by molar-refractivity contribution is -0.133. The van der Waals surface area contributed by atoms with E-state index in [9.17, 15) is 9.59 Å². The van der Waals surface area contributed by atoms with Crippen LogP contribution in [0.25, 0.3) is 0 Å². The molecule has 4 N–H and O–H groups in total. The van der Waals surface area contributed by atoms with E-state index >= 15 is 0 Å². The maximum absolute atomic E-state index is 11.8. The van der Waals surface area contributed by atoms with Gasteiger partial charge in [-0.25, -0.2) is 0 Å². The van der Waals surface area contributed by atoms with Crippen molar-refractivity contribution in [2.75, 3.05) is 13.1 Å². The SMILES string of the molecule is CC1CN(C(=O)C(N)CC(N)=O)CC1C.Cl. The number of nitrogens with two attached hydrogens (primary N) is 2. The molecule has 1 aliphatic heterocycles. The number of likely N-dealkylation sites (tertiary alicyclic amines) is 1. The Hall–Kier alpha value is -0.810. The fourth-order valence-corrected chi connectivity index (χ4v) is 1.85. The number of hydrogen-bond acceptors (Lipinski definition) is 3. The zero-order valence-corrected chi connectivity index (χ0v) is 10.5. The Morgan fingerprint density at radius 2 is 1.75 bits per heavy atom. The summed E-state index contributed by atoms with van der Waals surface area (Å²) in [5, 5.41) is 0. The molecule has 0 aromatic carbocycles. The van der Waals surface area contributed by atoms with E-state index in [-0.39, 0.29) is 24.7 Å². The molecular weight excluding hydrogens is 230 g/mol. The molecule has 0 spiro atoms. The molecule has 0 saturated carbocycles. The van der Waals surface area contributed by atoms with Crippen molar-refractivity contribution in [3.63, 3.8) is 0 Å². The van der Waals surface area contributed by atoms with Gasteiger partial charge in [0.2, 0.25) is 11.8 Å². The minimum absolute atomic E-state index is 0. The first-order valence-electron chi connectivity index (χ1n) is 5.24. The molecule has 1 aliphatic rings. The maximum atomic E-state index is 11.8. The summed E-state index contributed by atoms with van der Waals surface area (Å²) in [6, 6.07) is -0.778. The van der Waals surface area contributed by atoms with Crippen LogP contribution in [0, 0.1) is 11.8 Å². The number of amides is 2. The van der Waals surface area contributed by atoms with Gasteiger partial charge in [-0.3, -0.25) is 9.59 Å². The normalized spacial score (nSPS) is 26.1. The quantitative estimate of drug-likeness (QED) is 0.721. The molecule has 0 radical (unpaired) electrons. The summed E-state index contributed by atoms with van der Waals surface area (Å²) in [6.07, 6.45) is -0.0713. The van der Waals surface area contributed by atoms with Crippen LogP contribution >= 0.6 is 12.4 Å². The minimum atomic E-state index is -0.778. The second-order valence-corrected chi connectivity index (χ2v) is 4.47. The Balaban J connectivity index is 0.00000225. The van der Waals surface area contributed by atoms with E-state index in [1.165, 1.54) is 0 Å². The molecule has 0 aromatic rings. The van der Waals surface area contributed by atoms with Crippen LogP contribution in [0.1, 0.15) is 20.3 Å². The van der Waals surface area contributed by atoms with Crippen molar-refractivity contribution in [3.05, 3.63) is 0 Å². The lowest BCUT2D eigenvalue weighted by atomic mass is 10.0. The van der Waals surface area contributed by atoms with Crippen molar-refractivity contribution in [1.29, 1.82) is 0 Å². The molecule has 1 heterocycles. The smallest absolute Gasteiger partial charge is 0.240 e. The average molecular weight is 250 g/mol. The fourth-order valence-electron chi connectivity index (χ4n) is 1.85. The molecule has 5 nitrogen and oxygen atoms in total. The van der Waals surface area contributed by atoms with Crippen LogP contribution in [-0.4, -0.2) is 35.8 Å². The third kappa shape index (κ3) is 3.64. The standard InChI is InChI=1S/C10H19N3O2.ClH/c1-6-4-13(5-7(6)2)10(15)8(11)3-9(12)14;/h6-8H,3-5,11H2,1-2H3,(H2,12,14);1H. The Labute approximate surface area is 102 Å². The van der Waals surface area contributed by atoms with Gasteiger partial charge in [0, 0.05) is 13.1 Å². The van der Waals surface area contributed by atoms with E-state index in [2.05, 4.69) is 13.8 Å². The molecule has 0 aliphatic carbocycles. The van der Waals surface area contributed by atoms with Gasteiger partial charge in [0.1, 0.15) is 0 Å². The molecular formula is C10H20ClN3O2. The average Bonchev–Trinajstić information content (AvgIpc) is 2.44. The van der Waals surface area contributed by atoms with Gasteiger partial charge in [0.15, 0.2) is 0 Å². The van der Waals surface area contributed by atoms with Crippen LogP contribution in [-0.2, 0) is 9.59 Å². The Morgan fingerprint density at radius 3 is 2.12 bits per heavy atom. The highest BCUT2D eigenvalue weighted by atomic mass is 35.5. The summed E-state index contributed by atoms with van der Waals surface area (Å²) in [5.41, 5.74) is 10.6. The lowest BCUT2D eigenvalue weighted by Crippen LogP contribution is -2.44. The molecule has 94 valence electrons. The Morgan fingerprint density at radius 1 is 1.31 bits per heavy atom. The van der Waals surface area contributed by atoms with E-state index in [1.54, 1.807) is 4.90 Å². The van der Waals surface area contributed by atoms with E-state index < -0.39 is 11.9 Å². The molecule has 1 fully saturated rings. The topological polar surface area (TPSA) is 89.4 Å². The highest BCUT2D eigenvalue weighted by Gasteiger charge is 2.32. The number of hydrogen-bond donors (Lipinski definition) is 2. The van der Waals surface area contributed by atoms with Gasteiger partial charge in [-0.05, 0) is 11.8 Å².